The summed E-state index contributed by atoms with van der Waals surface area (Å²) in [5.74, 6) is 1.51. The number of nitrogens with zero attached hydrogens (tertiary/aromatic N) is 4. The van der Waals surface area contributed by atoms with Crippen LogP contribution in [-0.2, 0) is 6.42 Å². The van der Waals surface area contributed by atoms with Crippen LogP contribution in [0.1, 0.15) is 35.5 Å². The van der Waals surface area contributed by atoms with Crippen LogP contribution in [0.15, 0.2) is 41.1 Å². The van der Waals surface area contributed by atoms with E-state index in [4.69, 9.17) is 27.7 Å². The molecule has 0 atom stereocenters. The summed E-state index contributed by atoms with van der Waals surface area (Å²) in [5, 5.41) is 8.20. The molecule has 3 aromatic rings. The van der Waals surface area contributed by atoms with Crippen molar-refractivity contribution in [3.8, 4) is 11.4 Å². The molecule has 0 aliphatic carbocycles. The minimum atomic E-state index is -0.0174. The number of halogens is 2. The van der Waals surface area contributed by atoms with Crippen LogP contribution in [0.4, 0.5) is 5.82 Å². The van der Waals surface area contributed by atoms with Crippen LogP contribution in [0, 0.1) is 0 Å². The smallest absolute Gasteiger partial charge is 0.255 e. The number of likely N-dealkylation sites (tertiary alicyclic amines) is 1. The quantitative estimate of drug-likeness (QED) is 0.590. The van der Waals surface area contributed by atoms with E-state index in [1.807, 2.05) is 17.0 Å². The molecule has 156 valence electrons. The zero-order valence-electron chi connectivity index (χ0n) is 16.3. The molecule has 0 saturated carbocycles. The van der Waals surface area contributed by atoms with Crippen molar-refractivity contribution in [2.75, 3.05) is 25.0 Å². The lowest BCUT2D eigenvalue weighted by molar-refractivity contribution is 0.0724. The van der Waals surface area contributed by atoms with Crippen molar-refractivity contribution in [2.24, 2.45) is 0 Å². The van der Waals surface area contributed by atoms with Gasteiger partial charge < -0.3 is 14.7 Å². The van der Waals surface area contributed by atoms with Crippen LogP contribution in [0.25, 0.3) is 11.4 Å². The molecule has 1 aliphatic heterocycles. The Morgan fingerprint density at radius 2 is 1.90 bits per heavy atom. The number of carbonyl (C=O) groups is 1. The molecule has 1 amide bonds. The lowest BCUT2D eigenvalue weighted by atomic mass is 10.1. The van der Waals surface area contributed by atoms with Crippen LogP contribution in [0.2, 0.25) is 10.0 Å². The van der Waals surface area contributed by atoms with E-state index in [0.717, 1.165) is 31.5 Å². The van der Waals surface area contributed by atoms with E-state index < -0.39 is 0 Å². The van der Waals surface area contributed by atoms with E-state index in [2.05, 4.69) is 20.4 Å². The van der Waals surface area contributed by atoms with Crippen LogP contribution in [-0.4, -0.2) is 45.6 Å². The standard InChI is InChI=1S/C21H21Cl2N5O2/c22-16-6-4-14(5-7-16)19-26-18(30-27-19)8-9-24-20-17(23)12-15(13-25-20)21(29)28-10-2-1-3-11-28/h4-7,12-13H,1-3,8-11H2,(H,24,25). The van der Waals surface area contributed by atoms with Gasteiger partial charge >= 0.3 is 0 Å². The molecule has 0 radical (unpaired) electrons. The zero-order chi connectivity index (χ0) is 20.9. The summed E-state index contributed by atoms with van der Waals surface area (Å²) in [6.07, 6.45) is 5.33. The third-order valence-electron chi connectivity index (χ3n) is 4.93. The number of nitrogens with one attached hydrogen (secondary N) is 1. The van der Waals surface area contributed by atoms with Crippen molar-refractivity contribution in [1.29, 1.82) is 0 Å². The Morgan fingerprint density at radius 3 is 2.63 bits per heavy atom. The SMILES string of the molecule is O=C(c1cnc(NCCc2nc(-c3ccc(Cl)cc3)no2)c(Cl)c1)N1CCCCC1. The number of anilines is 1. The number of benzene rings is 1. The molecule has 9 heteroatoms. The van der Waals surface area contributed by atoms with Gasteiger partial charge in [-0.3, -0.25) is 4.79 Å². The second kappa shape index (κ2) is 9.45. The average Bonchev–Trinajstić information content (AvgIpc) is 3.24. The van der Waals surface area contributed by atoms with Crippen molar-refractivity contribution in [1.82, 2.24) is 20.0 Å². The van der Waals surface area contributed by atoms with Gasteiger partial charge in [0, 0.05) is 42.8 Å². The molecule has 4 rings (SSSR count). The molecule has 30 heavy (non-hydrogen) atoms. The third kappa shape index (κ3) is 4.91. The highest BCUT2D eigenvalue weighted by atomic mass is 35.5. The normalized spacial score (nSPS) is 14.0. The Morgan fingerprint density at radius 1 is 1.13 bits per heavy atom. The number of pyridine rings is 1. The van der Waals surface area contributed by atoms with Gasteiger partial charge in [0.2, 0.25) is 11.7 Å². The van der Waals surface area contributed by atoms with Crippen molar-refractivity contribution < 1.29 is 9.32 Å². The molecular formula is C21H21Cl2N5O2. The lowest BCUT2D eigenvalue weighted by Crippen LogP contribution is -2.35. The topological polar surface area (TPSA) is 84.2 Å². The van der Waals surface area contributed by atoms with Crippen LogP contribution in [0.5, 0.6) is 0 Å². The number of hydrogen-bond donors (Lipinski definition) is 1. The molecule has 0 spiro atoms. The maximum absolute atomic E-state index is 12.6. The van der Waals surface area contributed by atoms with Gasteiger partial charge in [0.1, 0.15) is 5.82 Å². The molecule has 1 fully saturated rings. The van der Waals surface area contributed by atoms with E-state index in [-0.39, 0.29) is 5.91 Å². The molecule has 0 bridgehead atoms. The monoisotopic (exact) mass is 445 g/mol. The number of hydrogen-bond acceptors (Lipinski definition) is 6. The van der Waals surface area contributed by atoms with E-state index in [1.54, 1.807) is 24.4 Å². The van der Waals surface area contributed by atoms with Crippen LogP contribution >= 0.6 is 23.2 Å². The first kappa shape index (κ1) is 20.6. The van der Waals surface area contributed by atoms with Gasteiger partial charge in [-0.1, -0.05) is 28.4 Å². The summed E-state index contributed by atoms with van der Waals surface area (Å²) in [6.45, 7) is 2.09. The van der Waals surface area contributed by atoms with E-state index in [1.165, 1.54) is 6.42 Å². The molecule has 3 heterocycles. The average molecular weight is 446 g/mol. The van der Waals surface area contributed by atoms with E-state index in [0.29, 0.717) is 46.1 Å². The zero-order valence-corrected chi connectivity index (χ0v) is 17.8. The molecule has 7 nitrogen and oxygen atoms in total. The molecular weight excluding hydrogens is 425 g/mol. The molecule has 2 aromatic heterocycles. The minimum Gasteiger partial charge on any atom is -0.368 e. The van der Waals surface area contributed by atoms with Crippen molar-refractivity contribution >= 4 is 34.9 Å². The number of aromatic nitrogens is 3. The summed E-state index contributed by atoms with van der Waals surface area (Å²) in [6, 6.07) is 8.90. The second-order valence-electron chi connectivity index (χ2n) is 7.10. The Kier molecular flexibility index (Phi) is 6.50. The van der Waals surface area contributed by atoms with Crippen LogP contribution in [0.3, 0.4) is 0 Å². The van der Waals surface area contributed by atoms with Gasteiger partial charge in [0.25, 0.3) is 5.91 Å². The van der Waals surface area contributed by atoms with Crippen molar-refractivity contribution in [2.45, 2.75) is 25.7 Å². The Bertz CT molecular complexity index is 1020. The largest absolute Gasteiger partial charge is 0.368 e. The van der Waals surface area contributed by atoms with E-state index >= 15 is 0 Å². The first-order chi connectivity index (χ1) is 14.6. The number of amides is 1. The summed E-state index contributed by atoms with van der Waals surface area (Å²) in [7, 11) is 0. The Hall–Kier alpha value is -2.64. The van der Waals surface area contributed by atoms with Gasteiger partial charge in [0.05, 0.1) is 10.6 Å². The molecule has 0 unspecified atom stereocenters. The summed E-state index contributed by atoms with van der Waals surface area (Å²) in [4.78, 5) is 23.1. The Balaban J connectivity index is 1.33. The van der Waals surface area contributed by atoms with Gasteiger partial charge in [-0.05, 0) is 49.6 Å². The molecule has 1 aliphatic rings. The summed E-state index contributed by atoms with van der Waals surface area (Å²) >= 11 is 12.2. The molecule has 1 aromatic carbocycles. The first-order valence-electron chi connectivity index (χ1n) is 9.87. The number of carbonyl (C=O) groups excluding carboxylic acids is 1. The van der Waals surface area contributed by atoms with Gasteiger partial charge in [0.15, 0.2) is 0 Å². The maximum atomic E-state index is 12.6. The molecule has 1 saturated heterocycles. The van der Waals surface area contributed by atoms with Gasteiger partial charge in [-0.2, -0.15) is 4.98 Å². The van der Waals surface area contributed by atoms with Crippen molar-refractivity contribution in [3.63, 3.8) is 0 Å². The fourth-order valence-corrected chi connectivity index (χ4v) is 3.68. The Labute approximate surface area is 184 Å². The minimum absolute atomic E-state index is 0.0174. The van der Waals surface area contributed by atoms with Crippen LogP contribution < -0.4 is 5.32 Å². The molecule has 1 N–H and O–H groups in total. The predicted molar refractivity (Wildman–Crippen MR) is 116 cm³/mol. The van der Waals surface area contributed by atoms with Gasteiger partial charge in [-0.25, -0.2) is 4.98 Å². The highest BCUT2D eigenvalue weighted by molar-refractivity contribution is 6.33. The maximum Gasteiger partial charge on any atom is 0.255 e. The highest BCUT2D eigenvalue weighted by Gasteiger charge is 2.19. The predicted octanol–water partition coefficient (Wildman–Crippen LogP) is 4.72. The summed E-state index contributed by atoms with van der Waals surface area (Å²) < 4.78 is 5.30. The second-order valence-corrected chi connectivity index (χ2v) is 7.95. The third-order valence-corrected chi connectivity index (χ3v) is 5.47. The number of rotatable bonds is 6. The van der Waals surface area contributed by atoms with Gasteiger partial charge in [-0.15, -0.1) is 0 Å². The summed E-state index contributed by atoms with van der Waals surface area (Å²) in [5.41, 5.74) is 1.35. The van der Waals surface area contributed by atoms with E-state index in [9.17, 15) is 4.79 Å². The fourth-order valence-electron chi connectivity index (χ4n) is 3.32. The number of piperidine rings is 1. The van der Waals surface area contributed by atoms with Crippen molar-refractivity contribution in [3.05, 3.63) is 58.0 Å². The fraction of sp³-hybridized carbons (Fsp3) is 0.333. The first-order valence-corrected chi connectivity index (χ1v) is 10.6. The lowest BCUT2D eigenvalue weighted by Gasteiger charge is -2.26. The highest BCUT2D eigenvalue weighted by Crippen LogP contribution is 2.22.